The molecule has 1 aliphatic rings. The van der Waals surface area contributed by atoms with Gasteiger partial charge in [0.25, 0.3) is 0 Å². The predicted octanol–water partition coefficient (Wildman–Crippen LogP) is 2.38. The van der Waals surface area contributed by atoms with Gasteiger partial charge in [-0.25, -0.2) is 0 Å². The van der Waals surface area contributed by atoms with Crippen LogP contribution < -0.4 is 10.1 Å². The zero-order valence-electron chi connectivity index (χ0n) is 9.33. The predicted molar refractivity (Wildman–Crippen MR) is 62.3 cm³/mol. The van der Waals surface area contributed by atoms with Gasteiger partial charge in [0, 0.05) is 13.0 Å². The summed E-state index contributed by atoms with van der Waals surface area (Å²) in [5.74, 6) is 1.07. The van der Waals surface area contributed by atoms with Crippen molar-refractivity contribution in [2.75, 3.05) is 13.1 Å². The maximum Gasteiger partial charge on any atom is 0.123 e. The number of ether oxygens (including phenoxy) is 1. The largest absolute Gasteiger partial charge is 0.488 e. The molecule has 15 heavy (non-hydrogen) atoms. The van der Waals surface area contributed by atoms with E-state index in [1.807, 2.05) is 6.07 Å². The van der Waals surface area contributed by atoms with Crippen molar-refractivity contribution >= 4 is 0 Å². The molecule has 2 rings (SSSR count). The average molecular weight is 205 g/mol. The number of fused-ring (bicyclic) bond motifs is 1. The third-order valence-corrected chi connectivity index (χ3v) is 2.79. The molecule has 1 heterocycles. The fourth-order valence-corrected chi connectivity index (χ4v) is 1.93. The molecule has 0 saturated carbocycles. The Morgan fingerprint density at radius 2 is 2.27 bits per heavy atom. The van der Waals surface area contributed by atoms with Gasteiger partial charge in [-0.3, -0.25) is 0 Å². The van der Waals surface area contributed by atoms with E-state index < -0.39 is 0 Å². The highest BCUT2D eigenvalue weighted by atomic mass is 16.5. The second kappa shape index (κ2) is 5.17. The first-order valence-corrected chi connectivity index (χ1v) is 5.85. The Morgan fingerprint density at radius 1 is 1.40 bits per heavy atom. The Hall–Kier alpha value is -1.02. The Morgan fingerprint density at radius 3 is 3.07 bits per heavy atom. The fraction of sp³-hybridized carbons (Fsp3) is 0.538. The molecule has 1 N–H and O–H groups in total. The number of hydrogen-bond acceptors (Lipinski definition) is 2. The van der Waals surface area contributed by atoms with E-state index in [-0.39, 0.29) is 0 Å². The van der Waals surface area contributed by atoms with Crippen LogP contribution in [0.5, 0.6) is 5.75 Å². The molecular weight excluding hydrogens is 186 g/mol. The van der Waals surface area contributed by atoms with E-state index in [9.17, 15) is 0 Å². The summed E-state index contributed by atoms with van der Waals surface area (Å²) in [4.78, 5) is 0. The van der Waals surface area contributed by atoms with Crippen molar-refractivity contribution in [1.29, 1.82) is 0 Å². The lowest BCUT2D eigenvalue weighted by molar-refractivity contribution is 0.227. The van der Waals surface area contributed by atoms with Crippen molar-refractivity contribution in [1.82, 2.24) is 5.32 Å². The molecule has 0 aliphatic carbocycles. The topological polar surface area (TPSA) is 21.3 Å². The lowest BCUT2D eigenvalue weighted by Gasteiger charge is -2.11. The highest BCUT2D eigenvalue weighted by molar-refractivity contribution is 5.37. The second-order valence-corrected chi connectivity index (χ2v) is 4.11. The molecular formula is C13H19NO. The molecule has 0 bridgehead atoms. The number of rotatable bonds is 5. The minimum Gasteiger partial charge on any atom is -0.488 e. The number of para-hydroxylation sites is 1. The van der Waals surface area contributed by atoms with Gasteiger partial charge in [-0.1, -0.05) is 31.5 Å². The van der Waals surface area contributed by atoms with Crippen LogP contribution in [-0.4, -0.2) is 19.2 Å². The minimum atomic E-state index is 0.333. The molecule has 1 aromatic carbocycles. The molecule has 1 aliphatic heterocycles. The molecule has 0 radical (unpaired) electrons. The number of nitrogens with one attached hydrogen (secondary N) is 1. The maximum absolute atomic E-state index is 5.82. The van der Waals surface area contributed by atoms with Crippen LogP contribution in [0, 0.1) is 0 Å². The van der Waals surface area contributed by atoms with Crippen molar-refractivity contribution in [3.63, 3.8) is 0 Å². The van der Waals surface area contributed by atoms with E-state index in [4.69, 9.17) is 4.74 Å². The zero-order valence-corrected chi connectivity index (χ0v) is 9.33. The summed E-state index contributed by atoms with van der Waals surface area (Å²) in [6, 6.07) is 8.32. The number of unbranched alkanes of at least 4 members (excludes halogenated alkanes) is 1. The zero-order chi connectivity index (χ0) is 10.5. The maximum atomic E-state index is 5.82. The van der Waals surface area contributed by atoms with Gasteiger partial charge in [-0.2, -0.15) is 0 Å². The first-order chi connectivity index (χ1) is 7.40. The Bertz CT molecular complexity index is 286. The van der Waals surface area contributed by atoms with Crippen LogP contribution in [0.15, 0.2) is 24.3 Å². The molecule has 2 nitrogen and oxygen atoms in total. The summed E-state index contributed by atoms with van der Waals surface area (Å²) in [5.41, 5.74) is 1.35. The van der Waals surface area contributed by atoms with Crippen LogP contribution in [0.25, 0.3) is 0 Å². The SMILES string of the molecule is CCCCNCC1Cc2ccccc2O1. The van der Waals surface area contributed by atoms with Crippen LogP contribution in [0.3, 0.4) is 0 Å². The molecule has 1 aromatic rings. The highest BCUT2D eigenvalue weighted by Crippen LogP contribution is 2.27. The Labute approximate surface area is 91.6 Å². The van der Waals surface area contributed by atoms with Crippen LogP contribution in [0.2, 0.25) is 0 Å². The second-order valence-electron chi connectivity index (χ2n) is 4.11. The van der Waals surface area contributed by atoms with E-state index >= 15 is 0 Å². The average Bonchev–Trinajstić information content (AvgIpc) is 2.67. The summed E-state index contributed by atoms with van der Waals surface area (Å²) in [5, 5.41) is 3.44. The van der Waals surface area contributed by atoms with E-state index in [1.165, 1.54) is 18.4 Å². The normalized spacial score (nSPS) is 18.6. The molecule has 1 atom stereocenters. The third-order valence-electron chi connectivity index (χ3n) is 2.79. The van der Waals surface area contributed by atoms with Crippen LogP contribution >= 0.6 is 0 Å². The molecule has 0 spiro atoms. The van der Waals surface area contributed by atoms with Crippen molar-refractivity contribution in [2.45, 2.75) is 32.3 Å². The Kier molecular flexibility index (Phi) is 3.62. The van der Waals surface area contributed by atoms with Gasteiger partial charge >= 0.3 is 0 Å². The van der Waals surface area contributed by atoms with Gasteiger partial charge in [0.05, 0.1) is 0 Å². The number of benzene rings is 1. The monoisotopic (exact) mass is 205 g/mol. The third kappa shape index (κ3) is 2.72. The van der Waals surface area contributed by atoms with Gasteiger partial charge in [-0.15, -0.1) is 0 Å². The van der Waals surface area contributed by atoms with E-state index in [0.717, 1.165) is 25.3 Å². The number of hydrogen-bond donors (Lipinski definition) is 1. The van der Waals surface area contributed by atoms with Gasteiger partial charge in [-0.05, 0) is 24.6 Å². The van der Waals surface area contributed by atoms with E-state index in [0.29, 0.717) is 6.10 Å². The smallest absolute Gasteiger partial charge is 0.123 e. The minimum absolute atomic E-state index is 0.333. The van der Waals surface area contributed by atoms with Crippen molar-refractivity contribution in [2.24, 2.45) is 0 Å². The Balaban J connectivity index is 1.76. The van der Waals surface area contributed by atoms with Gasteiger partial charge < -0.3 is 10.1 Å². The van der Waals surface area contributed by atoms with Crippen LogP contribution in [0.1, 0.15) is 25.3 Å². The van der Waals surface area contributed by atoms with Gasteiger partial charge in [0.2, 0.25) is 0 Å². The standard InChI is InChI=1S/C13H19NO/c1-2-3-8-14-10-12-9-11-6-4-5-7-13(11)15-12/h4-7,12,14H,2-3,8-10H2,1H3. The molecule has 0 aromatic heterocycles. The molecule has 0 fully saturated rings. The van der Waals surface area contributed by atoms with Gasteiger partial charge in [0.1, 0.15) is 11.9 Å². The lowest BCUT2D eigenvalue weighted by atomic mass is 10.1. The van der Waals surface area contributed by atoms with Crippen LogP contribution in [-0.2, 0) is 6.42 Å². The summed E-state index contributed by atoms with van der Waals surface area (Å²) >= 11 is 0. The van der Waals surface area contributed by atoms with E-state index in [1.54, 1.807) is 0 Å². The summed E-state index contributed by atoms with van der Waals surface area (Å²) in [6.07, 6.45) is 3.88. The van der Waals surface area contributed by atoms with E-state index in [2.05, 4.69) is 30.4 Å². The fourth-order valence-electron chi connectivity index (χ4n) is 1.93. The van der Waals surface area contributed by atoms with Crippen LogP contribution in [0.4, 0.5) is 0 Å². The molecule has 2 heteroatoms. The van der Waals surface area contributed by atoms with Crippen molar-refractivity contribution < 1.29 is 4.74 Å². The summed E-state index contributed by atoms with van der Waals surface area (Å²) in [7, 11) is 0. The van der Waals surface area contributed by atoms with Gasteiger partial charge in [0.15, 0.2) is 0 Å². The molecule has 1 unspecified atom stereocenters. The lowest BCUT2D eigenvalue weighted by Crippen LogP contribution is -2.30. The summed E-state index contributed by atoms with van der Waals surface area (Å²) < 4.78 is 5.82. The molecule has 0 saturated heterocycles. The molecule has 0 amide bonds. The molecule has 82 valence electrons. The van der Waals surface area contributed by atoms with Crippen molar-refractivity contribution in [3.05, 3.63) is 29.8 Å². The quantitative estimate of drug-likeness (QED) is 0.745. The highest BCUT2D eigenvalue weighted by Gasteiger charge is 2.21. The first-order valence-electron chi connectivity index (χ1n) is 5.85. The summed E-state index contributed by atoms with van der Waals surface area (Å²) in [6.45, 7) is 4.28. The first kappa shape index (κ1) is 10.5. The van der Waals surface area contributed by atoms with Crippen molar-refractivity contribution in [3.8, 4) is 5.75 Å².